The summed E-state index contributed by atoms with van der Waals surface area (Å²) in [5.41, 5.74) is 2.91. The Kier molecular flexibility index (Phi) is 4.90. The third-order valence-electron chi connectivity index (χ3n) is 5.09. The number of nitriles is 1. The van der Waals surface area contributed by atoms with Crippen molar-refractivity contribution in [3.8, 4) is 17.2 Å². The van der Waals surface area contributed by atoms with Crippen molar-refractivity contribution in [1.82, 2.24) is 15.0 Å². The summed E-state index contributed by atoms with van der Waals surface area (Å²) < 4.78 is 5.09. The van der Waals surface area contributed by atoms with Gasteiger partial charge < -0.3 is 9.42 Å². The molecule has 3 aromatic rings. The Bertz CT molecular complexity index is 1050. The first-order valence-corrected chi connectivity index (χ1v) is 9.35. The maximum Gasteiger partial charge on any atom is 0.253 e. The minimum atomic E-state index is -0.0128. The molecule has 0 aliphatic carbocycles. The summed E-state index contributed by atoms with van der Waals surface area (Å²) in [4.78, 5) is 19.3. The van der Waals surface area contributed by atoms with Crippen molar-refractivity contribution in [2.75, 3.05) is 13.1 Å². The van der Waals surface area contributed by atoms with Crippen molar-refractivity contribution in [3.63, 3.8) is 0 Å². The van der Waals surface area contributed by atoms with Crippen LogP contribution in [0.4, 0.5) is 0 Å². The van der Waals surface area contributed by atoms with Crippen LogP contribution in [0.3, 0.4) is 0 Å². The Balaban J connectivity index is 1.57. The van der Waals surface area contributed by atoms with Gasteiger partial charge in [-0.15, -0.1) is 0 Å². The van der Waals surface area contributed by atoms with Crippen molar-refractivity contribution in [3.05, 3.63) is 71.4 Å². The van der Waals surface area contributed by atoms with E-state index in [1.54, 1.807) is 13.0 Å². The maximum absolute atomic E-state index is 13.1. The zero-order chi connectivity index (χ0) is 19.5. The van der Waals surface area contributed by atoms with E-state index in [2.05, 4.69) is 16.2 Å². The number of hydrogen-bond donors (Lipinski definition) is 0. The van der Waals surface area contributed by atoms with Crippen molar-refractivity contribution in [1.29, 1.82) is 5.26 Å². The van der Waals surface area contributed by atoms with Gasteiger partial charge in [-0.1, -0.05) is 35.5 Å². The number of benzene rings is 2. The lowest BCUT2D eigenvalue weighted by atomic mass is 9.95. The fraction of sp³-hybridized carbons (Fsp3) is 0.273. The molecule has 6 heteroatoms. The SMILES string of the molecule is Cc1nc(C2CCCN(C(=O)c3cccc(-c4ccccc4C#N)c3)C2)no1. The predicted octanol–water partition coefficient (Wildman–Crippen LogP) is 3.94. The molecule has 28 heavy (non-hydrogen) atoms. The summed E-state index contributed by atoms with van der Waals surface area (Å²) in [7, 11) is 0. The molecule has 4 rings (SSSR count). The molecule has 0 bridgehead atoms. The molecule has 1 fully saturated rings. The normalized spacial score (nSPS) is 16.6. The Labute approximate surface area is 163 Å². The lowest BCUT2D eigenvalue weighted by Gasteiger charge is -2.31. The Morgan fingerprint density at radius 3 is 2.89 bits per heavy atom. The summed E-state index contributed by atoms with van der Waals surface area (Å²) in [6, 6.07) is 17.1. The van der Waals surface area contributed by atoms with E-state index in [1.807, 2.05) is 47.4 Å². The van der Waals surface area contributed by atoms with Crippen LogP contribution in [-0.2, 0) is 0 Å². The summed E-state index contributed by atoms with van der Waals surface area (Å²) >= 11 is 0. The Morgan fingerprint density at radius 1 is 1.25 bits per heavy atom. The number of likely N-dealkylation sites (tertiary alicyclic amines) is 1. The van der Waals surface area contributed by atoms with Crippen LogP contribution in [-0.4, -0.2) is 34.0 Å². The molecule has 0 N–H and O–H groups in total. The molecule has 140 valence electrons. The number of piperidine rings is 1. The molecule has 6 nitrogen and oxygen atoms in total. The van der Waals surface area contributed by atoms with E-state index >= 15 is 0 Å². The monoisotopic (exact) mass is 372 g/mol. The lowest BCUT2D eigenvalue weighted by Crippen LogP contribution is -2.39. The van der Waals surface area contributed by atoms with E-state index in [9.17, 15) is 10.1 Å². The number of rotatable bonds is 3. The van der Waals surface area contributed by atoms with Crippen LogP contribution in [0, 0.1) is 18.3 Å². The lowest BCUT2D eigenvalue weighted by molar-refractivity contribution is 0.0703. The molecule has 1 amide bonds. The summed E-state index contributed by atoms with van der Waals surface area (Å²) in [5, 5.41) is 13.4. The molecule has 1 atom stereocenters. The molecule has 2 aromatic carbocycles. The average Bonchev–Trinajstić information content (AvgIpc) is 3.19. The topological polar surface area (TPSA) is 83.0 Å². The van der Waals surface area contributed by atoms with Crippen LogP contribution >= 0.6 is 0 Å². The van der Waals surface area contributed by atoms with Crippen LogP contribution in [0.25, 0.3) is 11.1 Å². The van der Waals surface area contributed by atoms with Gasteiger partial charge >= 0.3 is 0 Å². The van der Waals surface area contributed by atoms with Gasteiger partial charge in [0.25, 0.3) is 5.91 Å². The fourth-order valence-electron chi connectivity index (χ4n) is 3.69. The minimum absolute atomic E-state index is 0.0128. The highest BCUT2D eigenvalue weighted by atomic mass is 16.5. The zero-order valence-electron chi connectivity index (χ0n) is 15.6. The molecule has 1 unspecified atom stereocenters. The third-order valence-corrected chi connectivity index (χ3v) is 5.09. The van der Waals surface area contributed by atoms with Crippen molar-refractivity contribution >= 4 is 5.91 Å². The van der Waals surface area contributed by atoms with E-state index in [4.69, 9.17) is 4.52 Å². The molecule has 1 aromatic heterocycles. The smallest absolute Gasteiger partial charge is 0.253 e. The van der Waals surface area contributed by atoms with E-state index < -0.39 is 0 Å². The second-order valence-corrected chi connectivity index (χ2v) is 7.00. The van der Waals surface area contributed by atoms with Crippen LogP contribution in [0.15, 0.2) is 53.1 Å². The zero-order valence-corrected chi connectivity index (χ0v) is 15.6. The highest BCUT2D eigenvalue weighted by Gasteiger charge is 2.28. The number of hydrogen-bond acceptors (Lipinski definition) is 5. The van der Waals surface area contributed by atoms with Gasteiger partial charge in [0, 0.05) is 31.5 Å². The highest BCUT2D eigenvalue weighted by Crippen LogP contribution is 2.28. The molecule has 1 aliphatic rings. The van der Waals surface area contributed by atoms with E-state index in [1.165, 1.54) is 0 Å². The van der Waals surface area contributed by atoms with Gasteiger partial charge in [0.2, 0.25) is 5.89 Å². The highest BCUT2D eigenvalue weighted by molar-refractivity contribution is 5.95. The fourth-order valence-corrected chi connectivity index (χ4v) is 3.69. The number of aryl methyl sites for hydroxylation is 1. The van der Waals surface area contributed by atoms with Crippen LogP contribution in [0.5, 0.6) is 0 Å². The van der Waals surface area contributed by atoms with Gasteiger partial charge in [-0.3, -0.25) is 4.79 Å². The summed E-state index contributed by atoms with van der Waals surface area (Å²) in [6.07, 6.45) is 1.85. The van der Waals surface area contributed by atoms with Gasteiger partial charge in [-0.25, -0.2) is 0 Å². The maximum atomic E-state index is 13.1. The summed E-state index contributed by atoms with van der Waals surface area (Å²) in [5.74, 6) is 1.30. The van der Waals surface area contributed by atoms with Gasteiger partial charge in [0.1, 0.15) is 0 Å². The Morgan fingerprint density at radius 2 is 2.11 bits per heavy atom. The number of amides is 1. The standard InChI is InChI=1S/C22H20N4O2/c1-15-24-21(25-28-15)19-9-5-11-26(14-19)22(27)17-8-4-7-16(12-17)20-10-3-2-6-18(20)13-23/h2-4,6-8,10,12,19H,5,9,11,14H2,1H3. The van der Waals surface area contributed by atoms with Crippen LogP contribution in [0.1, 0.15) is 46.4 Å². The number of carbonyl (C=O) groups is 1. The minimum Gasteiger partial charge on any atom is -0.340 e. The van der Waals surface area contributed by atoms with E-state index in [-0.39, 0.29) is 11.8 Å². The quantitative estimate of drug-likeness (QED) is 0.695. The first-order valence-electron chi connectivity index (χ1n) is 9.35. The number of carbonyl (C=O) groups excluding carboxylic acids is 1. The molecular formula is C22H20N4O2. The first-order chi connectivity index (χ1) is 13.7. The average molecular weight is 372 g/mol. The van der Waals surface area contributed by atoms with Crippen LogP contribution in [0.2, 0.25) is 0 Å². The summed E-state index contributed by atoms with van der Waals surface area (Å²) in [6.45, 7) is 3.06. The van der Waals surface area contributed by atoms with Gasteiger partial charge in [0.05, 0.1) is 11.6 Å². The number of nitrogens with zero attached hydrogens (tertiary/aromatic N) is 4. The van der Waals surface area contributed by atoms with Crippen LogP contribution < -0.4 is 0 Å². The van der Waals surface area contributed by atoms with E-state index in [0.717, 1.165) is 24.0 Å². The molecule has 1 aliphatic heterocycles. The molecule has 1 saturated heterocycles. The van der Waals surface area contributed by atoms with Gasteiger partial charge in [-0.2, -0.15) is 10.2 Å². The molecule has 0 saturated carbocycles. The predicted molar refractivity (Wildman–Crippen MR) is 104 cm³/mol. The van der Waals surface area contributed by atoms with Crippen molar-refractivity contribution in [2.45, 2.75) is 25.7 Å². The van der Waals surface area contributed by atoms with Gasteiger partial charge in [0.15, 0.2) is 5.82 Å². The van der Waals surface area contributed by atoms with Crippen molar-refractivity contribution in [2.24, 2.45) is 0 Å². The largest absolute Gasteiger partial charge is 0.340 e. The second kappa shape index (κ2) is 7.65. The third kappa shape index (κ3) is 3.52. The molecular weight excluding hydrogens is 352 g/mol. The van der Waals surface area contributed by atoms with Gasteiger partial charge in [-0.05, 0) is 42.2 Å². The molecule has 0 radical (unpaired) electrons. The second-order valence-electron chi connectivity index (χ2n) is 7.00. The molecule has 0 spiro atoms. The molecule has 2 heterocycles. The number of aromatic nitrogens is 2. The van der Waals surface area contributed by atoms with E-state index in [0.29, 0.717) is 35.9 Å². The first kappa shape index (κ1) is 17.9. The Hall–Kier alpha value is -3.46. The van der Waals surface area contributed by atoms with Crippen molar-refractivity contribution < 1.29 is 9.32 Å².